The molecule has 1 aliphatic rings. The second-order valence-corrected chi connectivity index (χ2v) is 9.70. The van der Waals surface area contributed by atoms with Gasteiger partial charge >= 0.3 is 0 Å². The molecule has 2 aromatic carbocycles. The van der Waals surface area contributed by atoms with Gasteiger partial charge in [-0.25, -0.2) is 4.39 Å². The van der Waals surface area contributed by atoms with Crippen LogP contribution in [0.5, 0.6) is 0 Å². The van der Waals surface area contributed by atoms with Crippen LogP contribution in [0.1, 0.15) is 44.2 Å². The van der Waals surface area contributed by atoms with Crippen LogP contribution in [0.25, 0.3) is 0 Å². The molecule has 0 aliphatic carbocycles. The van der Waals surface area contributed by atoms with Gasteiger partial charge < -0.3 is 9.80 Å². The molecule has 0 spiro atoms. The van der Waals surface area contributed by atoms with Crippen LogP contribution in [0.4, 0.5) is 10.1 Å². The molecule has 4 nitrogen and oxygen atoms in total. The maximum atomic E-state index is 14.2. The van der Waals surface area contributed by atoms with E-state index in [0.717, 1.165) is 18.5 Å². The molecule has 1 saturated heterocycles. The summed E-state index contributed by atoms with van der Waals surface area (Å²) >= 11 is 18.5. The molecule has 1 aliphatic heterocycles. The van der Waals surface area contributed by atoms with Crippen molar-refractivity contribution in [3.63, 3.8) is 0 Å². The fourth-order valence-corrected chi connectivity index (χ4v) is 4.53. The summed E-state index contributed by atoms with van der Waals surface area (Å²) in [5.74, 6) is 0.0759. The predicted molar refractivity (Wildman–Crippen MR) is 128 cm³/mol. The number of amides is 1. The lowest BCUT2D eigenvalue weighted by Crippen LogP contribution is -2.38. The molecule has 32 heavy (non-hydrogen) atoms. The van der Waals surface area contributed by atoms with Gasteiger partial charge in [0, 0.05) is 42.8 Å². The van der Waals surface area contributed by atoms with Gasteiger partial charge in [0.2, 0.25) is 5.91 Å². The van der Waals surface area contributed by atoms with E-state index in [2.05, 4.69) is 24.8 Å². The molecule has 2 aromatic rings. The summed E-state index contributed by atoms with van der Waals surface area (Å²) in [7, 11) is 0. The van der Waals surface area contributed by atoms with Crippen molar-refractivity contribution in [2.75, 3.05) is 18.0 Å². The number of anilines is 1. The molecular weight excluding hydrogens is 472 g/mol. The number of likely N-dealkylation sites (tertiary alicyclic amines) is 1. The maximum Gasteiger partial charge on any atom is 0.222 e. The van der Waals surface area contributed by atoms with Gasteiger partial charge in [-0.1, -0.05) is 48.7 Å². The van der Waals surface area contributed by atoms with Crippen LogP contribution in [0.3, 0.4) is 0 Å². The van der Waals surface area contributed by atoms with Crippen molar-refractivity contribution in [3.05, 3.63) is 62.3 Å². The van der Waals surface area contributed by atoms with Crippen molar-refractivity contribution < 1.29 is 9.18 Å². The van der Waals surface area contributed by atoms with Crippen molar-refractivity contribution >= 4 is 46.4 Å². The number of nitrogens with zero attached hydrogens (tertiary/aromatic N) is 3. The number of carbonyl (C=O) groups excluding carboxylic acids is 1. The highest BCUT2D eigenvalue weighted by Crippen LogP contribution is 2.32. The predicted octanol–water partition coefficient (Wildman–Crippen LogP) is 6.70. The van der Waals surface area contributed by atoms with Gasteiger partial charge in [0.1, 0.15) is 11.9 Å². The Morgan fingerprint density at radius 1 is 1.22 bits per heavy atom. The number of carbonyl (C=O) groups is 1. The average Bonchev–Trinajstić information content (AvgIpc) is 3.23. The number of hydrogen-bond acceptors (Lipinski definition) is 3. The lowest BCUT2D eigenvalue weighted by Gasteiger charge is -2.32. The highest BCUT2D eigenvalue weighted by atomic mass is 35.5. The first-order valence-corrected chi connectivity index (χ1v) is 11.7. The zero-order valence-electron chi connectivity index (χ0n) is 18.0. The summed E-state index contributed by atoms with van der Waals surface area (Å²) < 4.78 is 14.2. The molecule has 0 saturated carbocycles. The second-order valence-electron chi connectivity index (χ2n) is 8.48. The molecule has 1 amide bonds. The van der Waals surface area contributed by atoms with Crippen LogP contribution in [-0.2, 0) is 11.3 Å². The third-order valence-electron chi connectivity index (χ3n) is 5.73. The first-order chi connectivity index (χ1) is 15.2. The van der Waals surface area contributed by atoms with Crippen LogP contribution >= 0.6 is 34.8 Å². The van der Waals surface area contributed by atoms with Crippen LogP contribution in [-0.4, -0.2) is 29.9 Å². The standard InChI is InChI=1S/C24H25Cl3FN3O/c1-15(2)3-6-24(32)30-8-7-19(14-30)31(18-5-4-16(12-29)20(25)10-18)13-17-9-23(28)22(27)11-21(17)26/h4-5,9-11,15,19H,3,6-8,13-14H2,1-2H3/t19-/m0/s1. The van der Waals surface area contributed by atoms with Crippen molar-refractivity contribution in [1.29, 1.82) is 5.26 Å². The Balaban J connectivity index is 1.88. The fourth-order valence-electron chi connectivity index (χ4n) is 3.87. The molecule has 0 N–H and O–H groups in total. The van der Waals surface area contributed by atoms with E-state index in [4.69, 9.17) is 34.8 Å². The lowest BCUT2D eigenvalue weighted by molar-refractivity contribution is -0.130. The molecule has 170 valence electrons. The molecule has 1 atom stereocenters. The minimum atomic E-state index is -0.541. The Hall–Kier alpha value is -2.00. The number of hydrogen-bond donors (Lipinski definition) is 0. The van der Waals surface area contributed by atoms with Gasteiger partial charge in [0.15, 0.2) is 0 Å². The monoisotopic (exact) mass is 495 g/mol. The molecule has 0 radical (unpaired) electrons. The van der Waals surface area contributed by atoms with E-state index in [0.29, 0.717) is 53.1 Å². The largest absolute Gasteiger partial charge is 0.362 e. The second kappa shape index (κ2) is 10.7. The maximum absolute atomic E-state index is 14.2. The molecule has 3 rings (SSSR count). The summed E-state index contributed by atoms with van der Waals surface area (Å²) in [5, 5.41) is 9.88. The quantitative estimate of drug-likeness (QED) is 0.401. The first kappa shape index (κ1) is 24.6. The summed E-state index contributed by atoms with van der Waals surface area (Å²) in [4.78, 5) is 16.6. The topological polar surface area (TPSA) is 47.3 Å². The van der Waals surface area contributed by atoms with Gasteiger partial charge in [-0.2, -0.15) is 5.26 Å². The normalized spacial score (nSPS) is 15.8. The summed E-state index contributed by atoms with van der Waals surface area (Å²) in [6.45, 7) is 5.73. The Kier molecular flexibility index (Phi) is 8.27. The van der Waals surface area contributed by atoms with E-state index in [-0.39, 0.29) is 17.0 Å². The Morgan fingerprint density at radius 3 is 2.62 bits per heavy atom. The number of nitriles is 1. The number of benzene rings is 2. The van der Waals surface area contributed by atoms with E-state index in [1.165, 1.54) is 12.1 Å². The third kappa shape index (κ3) is 5.86. The van der Waals surface area contributed by atoms with Gasteiger partial charge in [-0.3, -0.25) is 4.79 Å². The van der Waals surface area contributed by atoms with Crippen molar-refractivity contribution in [2.45, 2.75) is 45.7 Å². The minimum absolute atomic E-state index is 0.00296. The van der Waals surface area contributed by atoms with Crippen molar-refractivity contribution in [1.82, 2.24) is 4.90 Å². The van der Waals surface area contributed by atoms with E-state index in [9.17, 15) is 14.4 Å². The van der Waals surface area contributed by atoms with Gasteiger partial charge in [-0.05, 0) is 54.7 Å². The summed E-state index contributed by atoms with van der Waals surface area (Å²) in [6.07, 6.45) is 2.15. The Morgan fingerprint density at radius 2 is 1.97 bits per heavy atom. The molecule has 1 heterocycles. The van der Waals surface area contributed by atoms with Gasteiger partial charge in [0.25, 0.3) is 0 Å². The zero-order chi connectivity index (χ0) is 23.4. The molecular formula is C24H25Cl3FN3O. The van der Waals surface area contributed by atoms with Crippen LogP contribution in [0, 0.1) is 23.1 Å². The summed E-state index contributed by atoms with van der Waals surface area (Å²) in [5.41, 5.74) is 1.74. The molecule has 0 aromatic heterocycles. The fraction of sp³-hybridized carbons (Fsp3) is 0.417. The highest BCUT2D eigenvalue weighted by Gasteiger charge is 2.31. The van der Waals surface area contributed by atoms with E-state index < -0.39 is 5.82 Å². The molecule has 8 heteroatoms. The van der Waals surface area contributed by atoms with E-state index >= 15 is 0 Å². The van der Waals surface area contributed by atoms with Crippen molar-refractivity contribution in [3.8, 4) is 6.07 Å². The number of halogens is 4. The highest BCUT2D eigenvalue weighted by molar-refractivity contribution is 6.35. The number of rotatable bonds is 7. The van der Waals surface area contributed by atoms with Crippen LogP contribution < -0.4 is 4.90 Å². The van der Waals surface area contributed by atoms with Gasteiger partial charge in [0.05, 0.1) is 15.6 Å². The van der Waals surface area contributed by atoms with Crippen LogP contribution in [0.2, 0.25) is 15.1 Å². The summed E-state index contributed by atoms with van der Waals surface area (Å²) in [6, 6.07) is 9.99. The van der Waals surface area contributed by atoms with E-state index in [1.54, 1.807) is 12.1 Å². The molecule has 1 fully saturated rings. The van der Waals surface area contributed by atoms with Crippen LogP contribution in [0.15, 0.2) is 30.3 Å². The average molecular weight is 497 g/mol. The SMILES string of the molecule is CC(C)CCC(=O)N1CC[C@H](N(Cc2cc(F)c(Cl)cc2Cl)c2ccc(C#N)c(Cl)c2)C1. The van der Waals surface area contributed by atoms with Gasteiger partial charge in [-0.15, -0.1) is 0 Å². The Bertz CT molecular complexity index is 1040. The van der Waals surface area contributed by atoms with E-state index in [1.807, 2.05) is 11.0 Å². The van der Waals surface area contributed by atoms with Crippen molar-refractivity contribution in [2.24, 2.45) is 5.92 Å². The third-order valence-corrected chi connectivity index (χ3v) is 6.68. The molecule has 0 bridgehead atoms. The smallest absolute Gasteiger partial charge is 0.222 e. The molecule has 0 unspecified atom stereocenters. The zero-order valence-corrected chi connectivity index (χ0v) is 20.3. The Labute approximate surface area is 203 Å². The lowest BCUT2D eigenvalue weighted by atomic mass is 10.1. The first-order valence-electron chi connectivity index (χ1n) is 10.6. The minimum Gasteiger partial charge on any atom is -0.362 e.